The SMILES string of the molecule is Cc1ccnc(-n2cnc3c(NN)nc(N4CCOCC4)nc32)c1. The quantitative estimate of drug-likeness (QED) is 0.533. The zero-order chi connectivity index (χ0) is 16.5. The molecule has 1 saturated heterocycles. The monoisotopic (exact) mass is 326 g/mol. The number of hydrazine groups is 1. The Morgan fingerprint density at radius 2 is 2.04 bits per heavy atom. The van der Waals surface area contributed by atoms with Crippen molar-refractivity contribution in [2.75, 3.05) is 36.6 Å². The van der Waals surface area contributed by atoms with Gasteiger partial charge in [0.25, 0.3) is 0 Å². The van der Waals surface area contributed by atoms with Crippen LogP contribution in [0.25, 0.3) is 17.0 Å². The number of ether oxygens (including phenoxy) is 1. The molecular formula is C15H18N8O. The van der Waals surface area contributed by atoms with E-state index in [4.69, 9.17) is 15.6 Å². The van der Waals surface area contributed by atoms with Gasteiger partial charge in [-0.25, -0.2) is 15.8 Å². The van der Waals surface area contributed by atoms with Crippen LogP contribution in [0.3, 0.4) is 0 Å². The molecule has 1 fully saturated rings. The van der Waals surface area contributed by atoms with E-state index in [-0.39, 0.29) is 0 Å². The van der Waals surface area contributed by atoms with Crippen LogP contribution < -0.4 is 16.2 Å². The second-order valence-corrected chi connectivity index (χ2v) is 5.59. The molecule has 3 aromatic rings. The normalized spacial score (nSPS) is 15.0. The number of morpholine rings is 1. The van der Waals surface area contributed by atoms with Crippen molar-refractivity contribution in [3.05, 3.63) is 30.2 Å². The lowest BCUT2D eigenvalue weighted by Gasteiger charge is -2.27. The third kappa shape index (κ3) is 2.53. The summed E-state index contributed by atoms with van der Waals surface area (Å²) in [4.78, 5) is 20.1. The van der Waals surface area contributed by atoms with Crippen LogP contribution in [0.1, 0.15) is 5.56 Å². The van der Waals surface area contributed by atoms with E-state index >= 15 is 0 Å². The van der Waals surface area contributed by atoms with Gasteiger partial charge < -0.3 is 15.1 Å². The molecule has 4 rings (SSSR count). The fourth-order valence-corrected chi connectivity index (χ4v) is 2.71. The number of nitrogens with zero attached hydrogens (tertiary/aromatic N) is 6. The number of aromatic nitrogens is 5. The lowest BCUT2D eigenvalue weighted by molar-refractivity contribution is 0.122. The van der Waals surface area contributed by atoms with E-state index in [1.165, 1.54) is 0 Å². The van der Waals surface area contributed by atoms with Crippen LogP contribution in [0, 0.1) is 6.92 Å². The summed E-state index contributed by atoms with van der Waals surface area (Å²) in [6.45, 7) is 4.82. The molecule has 0 saturated carbocycles. The molecule has 0 atom stereocenters. The largest absolute Gasteiger partial charge is 0.378 e. The topological polar surface area (TPSA) is 107 Å². The second-order valence-electron chi connectivity index (χ2n) is 5.59. The lowest BCUT2D eigenvalue weighted by atomic mass is 10.3. The first kappa shape index (κ1) is 14.8. The van der Waals surface area contributed by atoms with Crippen LogP contribution in [-0.4, -0.2) is 50.8 Å². The van der Waals surface area contributed by atoms with Crippen molar-refractivity contribution in [3.63, 3.8) is 0 Å². The minimum absolute atomic E-state index is 0.493. The highest BCUT2D eigenvalue weighted by Crippen LogP contribution is 2.24. The molecule has 0 amide bonds. The van der Waals surface area contributed by atoms with Gasteiger partial charge in [0, 0.05) is 19.3 Å². The van der Waals surface area contributed by atoms with Crippen molar-refractivity contribution in [1.82, 2.24) is 24.5 Å². The zero-order valence-corrected chi connectivity index (χ0v) is 13.3. The van der Waals surface area contributed by atoms with Gasteiger partial charge in [-0.05, 0) is 24.6 Å². The summed E-state index contributed by atoms with van der Waals surface area (Å²) < 4.78 is 7.23. The van der Waals surface area contributed by atoms with Gasteiger partial charge in [0.15, 0.2) is 17.0 Å². The number of nitrogens with two attached hydrogens (primary N) is 1. The highest BCUT2D eigenvalue weighted by atomic mass is 16.5. The van der Waals surface area contributed by atoms with Crippen molar-refractivity contribution >= 4 is 22.9 Å². The predicted octanol–water partition coefficient (Wildman–Crippen LogP) is 0.641. The number of aryl methyl sites for hydroxylation is 1. The van der Waals surface area contributed by atoms with E-state index in [2.05, 4.69) is 25.3 Å². The predicted molar refractivity (Wildman–Crippen MR) is 90.0 cm³/mol. The van der Waals surface area contributed by atoms with Crippen LogP contribution in [0.2, 0.25) is 0 Å². The van der Waals surface area contributed by atoms with Gasteiger partial charge in [0.05, 0.1) is 13.2 Å². The molecule has 0 aliphatic carbocycles. The van der Waals surface area contributed by atoms with Gasteiger partial charge in [-0.2, -0.15) is 9.97 Å². The number of hydrogen-bond acceptors (Lipinski definition) is 8. The third-order valence-corrected chi connectivity index (χ3v) is 3.96. The highest BCUT2D eigenvalue weighted by Gasteiger charge is 2.19. The van der Waals surface area contributed by atoms with Crippen molar-refractivity contribution < 1.29 is 4.74 Å². The summed E-state index contributed by atoms with van der Waals surface area (Å²) >= 11 is 0. The van der Waals surface area contributed by atoms with Crippen LogP contribution in [0.4, 0.5) is 11.8 Å². The number of hydrogen-bond donors (Lipinski definition) is 2. The first-order valence-corrected chi connectivity index (χ1v) is 7.73. The molecule has 9 nitrogen and oxygen atoms in total. The molecule has 124 valence electrons. The maximum atomic E-state index is 5.64. The van der Waals surface area contributed by atoms with E-state index < -0.39 is 0 Å². The Kier molecular flexibility index (Phi) is 3.71. The van der Waals surface area contributed by atoms with Crippen LogP contribution in [0.15, 0.2) is 24.7 Å². The number of nitrogens with one attached hydrogen (secondary N) is 1. The van der Waals surface area contributed by atoms with Crippen LogP contribution >= 0.6 is 0 Å². The fraction of sp³-hybridized carbons (Fsp3) is 0.333. The number of imidazole rings is 1. The number of rotatable bonds is 3. The van der Waals surface area contributed by atoms with Gasteiger partial charge in [-0.3, -0.25) is 4.57 Å². The molecule has 24 heavy (non-hydrogen) atoms. The fourth-order valence-electron chi connectivity index (χ4n) is 2.71. The van der Waals surface area contributed by atoms with E-state index in [0.29, 0.717) is 36.1 Å². The maximum Gasteiger partial charge on any atom is 0.229 e. The molecule has 1 aliphatic rings. The van der Waals surface area contributed by atoms with Crippen molar-refractivity contribution in [3.8, 4) is 5.82 Å². The van der Waals surface area contributed by atoms with Crippen molar-refractivity contribution in [2.45, 2.75) is 6.92 Å². The molecule has 0 unspecified atom stereocenters. The number of nitrogen functional groups attached to an aromatic ring is 1. The Morgan fingerprint density at radius 1 is 1.21 bits per heavy atom. The molecule has 0 spiro atoms. The van der Waals surface area contributed by atoms with Crippen molar-refractivity contribution in [2.24, 2.45) is 5.84 Å². The number of pyridine rings is 1. The van der Waals surface area contributed by atoms with Gasteiger partial charge >= 0.3 is 0 Å². The Bertz CT molecular complexity index is 871. The maximum absolute atomic E-state index is 5.64. The van der Waals surface area contributed by atoms with Crippen molar-refractivity contribution in [1.29, 1.82) is 0 Å². The minimum atomic E-state index is 0.493. The third-order valence-electron chi connectivity index (χ3n) is 3.96. The smallest absolute Gasteiger partial charge is 0.229 e. The van der Waals surface area contributed by atoms with E-state index in [1.807, 2.05) is 23.6 Å². The standard InChI is InChI=1S/C15H18N8O/c1-10-2-3-17-11(8-10)23-9-18-12-13(21-16)19-15(20-14(12)23)22-4-6-24-7-5-22/h2-3,8-9H,4-7,16H2,1H3,(H,19,20,21). The summed E-state index contributed by atoms with van der Waals surface area (Å²) in [5, 5.41) is 0. The molecule has 0 aromatic carbocycles. The molecule has 9 heteroatoms. The van der Waals surface area contributed by atoms with Gasteiger partial charge in [0.2, 0.25) is 5.95 Å². The Morgan fingerprint density at radius 3 is 2.79 bits per heavy atom. The summed E-state index contributed by atoms with van der Waals surface area (Å²) in [5.74, 6) is 7.49. The van der Waals surface area contributed by atoms with Crippen LogP contribution in [-0.2, 0) is 4.74 Å². The average Bonchev–Trinajstić information content (AvgIpc) is 3.05. The summed E-state index contributed by atoms with van der Waals surface area (Å²) in [5.41, 5.74) is 5.01. The molecular weight excluding hydrogens is 308 g/mol. The Hall–Kier alpha value is -2.78. The van der Waals surface area contributed by atoms with Gasteiger partial charge in [0.1, 0.15) is 12.1 Å². The summed E-state index contributed by atoms with van der Waals surface area (Å²) in [7, 11) is 0. The molecule has 3 N–H and O–H groups in total. The second kappa shape index (κ2) is 6.02. The zero-order valence-electron chi connectivity index (χ0n) is 13.3. The molecule has 3 aromatic heterocycles. The first-order chi connectivity index (χ1) is 11.8. The Labute approximate surface area is 138 Å². The summed E-state index contributed by atoms with van der Waals surface area (Å²) in [6.07, 6.45) is 3.45. The summed E-state index contributed by atoms with van der Waals surface area (Å²) in [6, 6.07) is 3.93. The average molecular weight is 326 g/mol. The van der Waals surface area contributed by atoms with E-state index in [9.17, 15) is 0 Å². The lowest BCUT2D eigenvalue weighted by Crippen LogP contribution is -2.37. The van der Waals surface area contributed by atoms with E-state index in [1.54, 1.807) is 12.5 Å². The van der Waals surface area contributed by atoms with Gasteiger partial charge in [-0.1, -0.05) is 0 Å². The van der Waals surface area contributed by atoms with Crippen LogP contribution in [0.5, 0.6) is 0 Å². The minimum Gasteiger partial charge on any atom is -0.378 e. The number of anilines is 2. The Balaban J connectivity index is 1.87. The van der Waals surface area contributed by atoms with E-state index in [0.717, 1.165) is 24.5 Å². The molecule has 0 bridgehead atoms. The highest BCUT2D eigenvalue weighted by molar-refractivity contribution is 5.85. The molecule has 1 aliphatic heterocycles. The molecule has 4 heterocycles. The first-order valence-electron chi connectivity index (χ1n) is 7.73. The molecule has 0 radical (unpaired) electrons. The number of fused-ring (bicyclic) bond motifs is 1. The van der Waals surface area contributed by atoms with Gasteiger partial charge in [-0.15, -0.1) is 0 Å².